The fourth-order valence-corrected chi connectivity index (χ4v) is 5.13. The Hall–Kier alpha value is -3.56. The second-order valence-electron chi connectivity index (χ2n) is 10.4. The van der Waals surface area contributed by atoms with Crippen LogP contribution in [0.3, 0.4) is 0 Å². The van der Waals surface area contributed by atoms with Gasteiger partial charge in [0.15, 0.2) is 0 Å². The zero-order valence-corrected chi connectivity index (χ0v) is 23.7. The highest BCUT2D eigenvalue weighted by Crippen LogP contribution is 2.33. The molecule has 0 aliphatic heterocycles. The standard InChI is InChI=1S/C35H38O7/c1-38-29-19-17-28(18-20-29)24-42-35-33(40-22-26-13-7-3-8-14-26)31(37)30(36)32(39-21-25-11-5-2-6-12-25)34(35)41-23-27-15-9-4-10-16-27/h2-20,30-37H,21-24H2,1H3/t30-,31-,32+,33+,34+,35-/m1/s1. The molecule has 0 unspecified atom stereocenters. The van der Waals surface area contributed by atoms with Crippen LogP contribution in [0.4, 0.5) is 0 Å². The fourth-order valence-electron chi connectivity index (χ4n) is 5.13. The van der Waals surface area contributed by atoms with Crippen molar-refractivity contribution in [3.63, 3.8) is 0 Å². The molecule has 0 saturated heterocycles. The first-order chi connectivity index (χ1) is 20.6. The van der Waals surface area contributed by atoms with Crippen molar-refractivity contribution >= 4 is 0 Å². The van der Waals surface area contributed by atoms with E-state index < -0.39 is 36.6 Å². The summed E-state index contributed by atoms with van der Waals surface area (Å²) in [7, 11) is 1.62. The van der Waals surface area contributed by atoms with Crippen molar-refractivity contribution in [3.05, 3.63) is 138 Å². The number of aliphatic hydroxyl groups is 2. The van der Waals surface area contributed by atoms with Crippen LogP contribution in [-0.4, -0.2) is 53.9 Å². The highest BCUT2D eigenvalue weighted by atomic mass is 16.6. The van der Waals surface area contributed by atoms with Crippen molar-refractivity contribution in [1.29, 1.82) is 0 Å². The van der Waals surface area contributed by atoms with Crippen LogP contribution < -0.4 is 4.74 Å². The lowest BCUT2D eigenvalue weighted by atomic mass is 9.84. The van der Waals surface area contributed by atoms with Gasteiger partial charge >= 0.3 is 0 Å². The van der Waals surface area contributed by atoms with Gasteiger partial charge in [-0.1, -0.05) is 103 Å². The summed E-state index contributed by atoms with van der Waals surface area (Å²) in [5.74, 6) is 0.748. The van der Waals surface area contributed by atoms with Crippen LogP contribution in [0.25, 0.3) is 0 Å². The molecule has 4 aromatic carbocycles. The molecule has 0 radical (unpaired) electrons. The quantitative estimate of drug-likeness (QED) is 0.232. The maximum Gasteiger partial charge on any atom is 0.118 e. The van der Waals surface area contributed by atoms with Crippen LogP contribution in [-0.2, 0) is 45.4 Å². The van der Waals surface area contributed by atoms with Gasteiger partial charge in [-0.15, -0.1) is 0 Å². The van der Waals surface area contributed by atoms with E-state index in [2.05, 4.69) is 0 Å². The van der Waals surface area contributed by atoms with E-state index in [0.29, 0.717) is 0 Å². The van der Waals surface area contributed by atoms with Crippen molar-refractivity contribution in [2.75, 3.05) is 7.11 Å². The summed E-state index contributed by atoms with van der Waals surface area (Å²) in [6, 6.07) is 36.8. The molecular formula is C35H38O7. The zero-order valence-electron chi connectivity index (χ0n) is 23.7. The Morgan fingerprint density at radius 2 is 0.738 bits per heavy atom. The molecule has 4 aromatic rings. The molecule has 6 atom stereocenters. The van der Waals surface area contributed by atoms with Gasteiger partial charge in [-0.05, 0) is 34.4 Å². The molecule has 5 rings (SSSR count). The Morgan fingerprint density at radius 1 is 0.429 bits per heavy atom. The van der Waals surface area contributed by atoms with E-state index in [1.807, 2.05) is 115 Å². The van der Waals surface area contributed by atoms with Crippen LogP contribution in [0.5, 0.6) is 5.75 Å². The van der Waals surface area contributed by atoms with E-state index in [1.54, 1.807) is 7.11 Å². The van der Waals surface area contributed by atoms with Crippen LogP contribution in [0.15, 0.2) is 115 Å². The van der Waals surface area contributed by atoms with E-state index in [9.17, 15) is 10.2 Å². The van der Waals surface area contributed by atoms with Gasteiger partial charge in [-0.3, -0.25) is 0 Å². The summed E-state index contributed by atoms with van der Waals surface area (Å²) in [4.78, 5) is 0. The number of benzene rings is 4. The maximum absolute atomic E-state index is 11.4. The monoisotopic (exact) mass is 570 g/mol. The van der Waals surface area contributed by atoms with Gasteiger partial charge in [-0.2, -0.15) is 0 Å². The van der Waals surface area contributed by atoms with Crippen LogP contribution >= 0.6 is 0 Å². The van der Waals surface area contributed by atoms with E-state index >= 15 is 0 Å². The molecule has 220 valence electrons. The van der Waals surface area contributed by atoms with Crippen LogP contribution in [0.1, 0.15) is 22.3 Å². The maximum atomic E-state index is 11.4. The Balaban J connectivity index is 1.42. The van der Waals surface area contributed by atoms with Crippen LogP contribution in [0, 0.1) is 0 Å². The van der Waals surface area contributed by atoms with Gasteiger partial charge in [0.1, 0.15) is 42.4 Å². The summed E-state index contributed by atoms with van der Waals surface area (Å²) >= 11 is 0. The number of rotatable bonds is 13. The first-order valence-corrected chi connectivity index (χ1v) is 14.2. The van der Waals surface area contributed by atoms with E-state index in [-0.39, 0.29) is 26.4 Å². The van der Waals surface area contributed by atoms with Crippen LogP contribution in [0.2, 0.25) is 0 Å². The third-order valence-electron chi connectivity index (χ3n) is 7.45. The fraction of sp³-hybridized carbons (Fsp3) is 0.314. The van der Waals surface area contributed by atoms with Gasteiger partial charge in [0, 0.05) is 0 Å². The summed E-state index contributed by atoms with van der Waals surface area (Å²) in [5, 5.41) is 22.8. The Kier molecular flexibility index (Phi) is 10.7. The van der Waals surface area contributed by atoms with Gasteiger partial charge in [-0.25, -0.2) is 0 Å². The SMILES string of the molecule is COc1ccc(CO[C@H]2[C@@H](OCc3ccccc3)[C@@H](OCc3ccccc3)[C@H](O)[C@@H](O)[C@@H]2OCc2ccccc2)cc1. The lowest BCUT2D eigenvalue weighted by Gasteiger charge is -2.47. The second kappa shape index (κ2) is 15.1. The molecule has 1 saturated carbocycles. The molecule has 0 bridgehead atoms. The molecule has 42 heavy (non-hydrogen) atoms. The number of aliphatic hydroxyl groups excluding tert-OH is 2. The minimum absolute atomic E-state index is 0.235. The van der Waals surface area contributed by atoms with Crippen molar-refractivity contribution in [1.82, 2.24) is 0 Å². The smallest absolute Gasteiger partial charge is 0.118 e. The molecule has 1 fully saturated rings. The Bertz CT molecular complexity index is 1320. The van der Waals surface area contributed by atoms with Gasteiger partial charge in [0.05, 0.1) is 33.5 Å². The average Bonchev–Trinajstić information content (AvgIpc) is 3.05. The van der Waals surface area contributed by atoms with Gasteiger partial charge < -0.3 is 33.9 Å². The lowest BCUT2D eigenvalue weighted by Crippen LogP contribution is -2.66. The molecule has 7 heteroatoms. The molecule has 0 aromatic heterocycles. The molecule has 7 nitrogen and oxygen atoms in total. The number of methoxy groups -OCH3 is 1. The summed E-state index contributed by atoms with van der Waals surface area (Å²) in [6.07, 6.45) is -5.79. The molecular weight excluding hydrogens is 532 g/mol. The van der Waals surface area contributed by atoms with Crippen molar-refractivity contribution in [2.45, 2.75) is 63.1 Å². The molecule has 1 aliphatic carbocycles. The molecule has 0 amide bonds. The highest BCUT2D eigenvalue weighted by molar-refractivity contribution is 5.27. The topological polar surface area (TPSA) is 86.6 Å². The normalized spacial score (nSPS) is 23.9. The number of ether oxygens (including phenoxy) is 5. The van der Waals surface area contributed by atoms with Crippen molar-refractivity contribution < 1.29 is 33.9 Å². The molecule has 2 N–H and O–H groups in total. The third kappa shape index (κ3) is 7.83. The predicted molar refractivity (Wildman–Crippen MR) is 159 cm³/mol. The number of hydrogen-bond donors (Lipinski definition) is 2. The molecule has 1 aliphatic rings. The minimum Gasteiger partial charge on any atom is -0.497 e. The predicted octanol–water partition coefficient (Wildman–Crippen LogP) is 5.07. The first kappa shape index (κ1) is 29.9. The minimum atomic E-state index is -1.27. The Morgan fingerprint density at radius 3 is 1.07 bits per heavy atom. The zero-order chi connectivity index (χ0) is 29.1. The van der Waals surface area contributed by atoms with Gasteiger partial charge in [0.2, 0.25) is 0 Å². The third-order valence-corrected chi connectivity index (χ3v) is 7.45. The largest absolute Gasteiger partial charge is 0.497 e. The molecule has 0 heterocycles. The molecule has 0 spiro atoms. The first-order valence-electron chi connectivity index (χ1n) is 14.2. The van der Waals surface area contributed by atoms with Crippen molar-refractivity contribution in [2.24, 2.45) is 0 Å². The highest BCUT2D eigenvalue weighted by Gasteiger charge is 2.52. The Labute approximate surface area is 247 Å². The number of hydrogen-bond acceptors (Lipinski definition) is 7. The van der Waals surface area contributed by atoms with E-state index in [1.165, 1.54) is 0 Å². The second-order valence-corrected chi connectivity index (χ2v) is 10.4. The van der Waals surface area contributed by atoms with E-state index in [0.717, 1.165) is 28.0 Å². The summed E-state index contributed by atoms with van der Waals surface area (Å²) in [5.41, 5.74) is 3.77. The summed E-state index contributed by atoms with van der Waals surface area (Å²) in [6.45, 7) is 0.979. The van der Waals surface area contributed by atoms with Gasteiger partial charge in [0.25, 0.3) is 0 Å². The lowest BCUT2D eigenvalue weighted by molar-refractivity contribution is -0.273. The average molecular weight is 571 g/mol. The van der Waals surface area contributed by atoms with Crippen molar-refractivity contribution in [3.8, 4) is 5.75 Å². The van der Waals surface area contributed by atoms with E-state index in [4.69, 9.17) is 23.7 Å². The summed E-state index contributed by atoms with van der Waals surface area (Å²) < 4.78 is 30.9.